The van der Waals surface area contributed by atoms with Crippen molar-refractivity contribution >= 4 is 47.3 Å². The lowest BCUT2D eigenvalue weighted by molar-refractivity contribution is -0.272. The first-order valence-corrected chi connectivity index (χ1v) is 28.5. The average Bonchev–Trinajstić information content (AvgIpc) is 3.43. The number of aliphatic hydroxyl groups is 9. The van der Waals surface area contributed by atoms with Crippen LogP contribution in [0.1, 0.15) is 80.1 Å². The Bertz CT molecular complexity index is 2020. The molecule has 0 bridgehead atoms. The predicted octanol–water partition coefficient (Wildman–Crippen LogP) is -8.17. The van der Waals surface area contributed by atoms with Crippen molar-refractivity contribution in [3.8, 4) is 0 Å². The lowest BCUT2D eigenvalue weighted by atomic mass is 9.97. The molecular formula is C52H94N8O26. The standard InChI is InChI=1S/C52H94N8O26/c1-28(2)7-10-39(69)59-34(48(76)55-15-18-80-21-24-83-52(49(77)58-32(6)67)84-35(25-61)29(3)64)9-12-40(70)60-33(47(75)54-14-17-79-20-23-82-51-42(57-31(5)66)46(74)44(72)37(27-63)86-51)8-11-38(68)53-13-16-78-19-22-81-50-41(56-30(4)65)45(73)43(71)36(26-62)85-50/h28-29,33-37,41-46,49-52,61-64,71-74,77H,7-27H2,1-6H3,(H,53,68)(H,54,75)(H,55,76)(H,56,65)(H,57,66)(H,58,67)(H,59,69)(H,60,70). The van der Waals surface area contributed by atoms with E-state index in [1.54, 1.807) is 0 Å². The van der Waals surface area contributed by atoms with Crippen molar-refractivity contribution in [1.82, 2.24) is 42.5 Å². The van der Waals surface area contributed by atoms with E-state index in [2.05, 4.69) is 42.5 Å². The lowest BCUT2D eigenvalue weighted by Crippen LogP contribution is -2.64. The molecule has 34 nitrogen and oxygen atoms in total. The minimum Gasteiger partial charge on any atom is -0.394 e. The van der Waals surface area contributed by atoms with Crippen LogP contribution in [-0.4, -0.2) is 290 Å². The second-order valence-corrected chi connectivity index (χ2v) is 20.6. The minimum atomic E-state index is -1.67. The van der Waals surface area contributed by atoms with Crippen LogP contribution in [0.25, 0.3) is 0 Å². The van der Waals surface area contributed by atoms with Gasteiger partial charge in [-0.1, -0.05) is 13.8 Å². The van der Waals surface area contributed by atoms with Gasteiger partial charge >= 0.3 is 0 Å². The van der Waals surface area contributed by atoms with Gasteiger partial charge in [-0.2, -0.15) is 0 Å². The zero-order valence-corrected chi connectivity index (χ0v) is 49.6. The summed E-state index contributed by atoms with van der Waals surface area (Å²) in [6.07, 6.45) is -17.0. The van der Waals surface area contributed by atoms with Gasteiger partial charge in [-0.3, -0.25) is 38.4 Å². The first-order chi connectivity index (χ1) is 40.8. The monoisotopic (exact) mass is 1250 g/mol. The molecule has 2 aliphatic heterocycles. The number of amides is 8. The number of carbonyl (C=O) groups is 8. The fraction of sp³-hybridized carbons (Fsp3) is 0.846. The number of nitrogens with one attached hydrogen (secondary N) is 8. The molecule has 86 heavy (non-hydrogen) atoms. The van der Waals surface area contributed by atoms with Crippen molar-refractivity contribution in [2.45, 2.75) is 178 Å². The van der Waals surface area contributed by atoms with Crippen LogP contribution in [0, 0.1) is 5.92 Å². The van der Waals surface area contributed by atoms with Gasteiger partial charge in [0, 0.05) is 59.7 Å². The summed E-state index contributed by atoms with van der Waals surface area (Å²) < 4.78 is 49.8. The average molecular weight is 1250 g/mol. The zero-order valence-electron chi connectivity index (χ0n) is 49.6. The van der Waals surface area contributed by atoms with Crippen LogP contribution >= 0.6 is 0 Å². The van der Waals surface area contributed by atoms with Gasteiger partial charge in [0.2, 0.25) is 53.5 Å². The van der Waals surface area contributed by atoms with Crippen LogP contribution in [0.5, 0.6) is 0 Å². The van der Waals surface area contributed by atoms with Crippen molar-refractivity contribution in [2.24, 2.45) is 5.92 Å². The molecule has 2 saturated heterocycles. The Morgan fingerprint density at radius 1 is 0.500 bits per heavy atom. The van der Waals surface area contributed by atoms with Crippen LogP contribution in [0.3, 0.4) is 0 Å². The summed E-state index contributed by atoms with van der Waals surface area (Å²) in [7, 11) is 0. The molecule has 16 unspecified atom stereocenters. The molecule has 0 aromatic carbocycles. The highest BCUT2D eigenvalue weighted by Crippen LogP contribution is 2.24. The van der Waals surface area contributed by atoms with E-state index in [-0.39, 0.29) is 117 Å². The Hall–Kier alpha value is -4.96. The van der Waals surface area contributed by atoms with E-state index < -0.39 is 165 Å². The largest absolute Gasteiger partial charge is 0.394 e. The molecular weight excluding hydrogens is 1150 g/mol. The third kappa shape index (κ3) is 30.3. The number of ether oxygens (including phenoxy) is 9. The molecule has 0 radical (unpaired) electrons. The maximum absolute atomic E-state index is 13.6. The molecule has 2 fully saturated rings. The van der Waals surface area contributed by atoms with Gasteiger partial charge in [-0.15, -0.1) is 0 Å². The van der Waals surface area contributed by atoms with E-state index in [0.29, 0.717) is 6.42 Å². The third-order valence-electron chi connectivity index (χ3n) is 12.9. The van der Waals surface area contributed by atoms with Crippen molar-refractivity contribution in [1.29, 1.82) is 0 Å². The van der Waals surface area contributed by atoms with Crippen molar-refractivity contribution in [2.75, 3.05) is 98.9 Å². The van der Waals surface area contributed by atoms with E-state index in [4.69, 9.17) is 42.6 Å². The maximum Gasteiger partial charge on any atom is 0.242 e. The lowest BCUT2D eigenvalue weighted by Gasteiger charge is -2.42. The summed E-state index contributed by atoms with van der Waals surface area (Å²) in [5, 5.41) is 111. The molecule has 0 saturated carbocycles. The summed E-state index contributed by atoms with van der Waals surface area (Å²) in [6.45, 7) is 5.65. The quantitative estimate of drug-likeness (QED) is 0.0199. The van der Waals surface area contributed by atoms with Crippen molar-refractivity contribution < 1.29 is 127 Å². The molecule has 0 aliphatic carbocycles. The Labute approximate surface area is 498 Å². The predicted molar refractivity (Wildman–Crippen MR) is 294 cm³/mol. The highest BCUT2D eigenvalue weighted by molar-refractivity contribution is 5.90. The first kappa shape index (κ1) is 77.1. The van der Waals surface area contributed by atoms with Gasteiger partial charge in [0.25, 0.3) is 0 Å². The summed E-state index contributed by atoms with van der Waals surface area (Å²) in [5.41, 5.74) is 0. The fourth-order valence-electron chi connectivity index (χ4n) is 8.30. The van der Waals surface area contributed by atoms with Gasteiger partial charge in [-0.05, 0) is 32.1 Å². The number of carbonyl (C=O) groups excluding carboxylic acids is 8. The van der Waals surface area contributed by atoms with Crippen molar-refractivity contribution in [3.05, 3.63) is 0 Å². The van der Waals surface area contributed by atoms with E-state index in [0.717, 1.165) is 6.92 Å². The summed E-state index contributed by atoms with van der Waals surface area (Å²) in [6, 6.07) is -4.88. The van der Waals surface area contributed by atoms with Crippen LogP contribution in [0.2, 0.25) is 0 Å². The Kier molecular flexibility index (Phi) is 38.4. The second-order valence-electron chi connectivity index (χ2n) is 20.6. The Balaban J connectivity index is 2.05. The molecule has 0 aromatic heterocycles. The molecule has 17 N–H and O–H groups in total. The van der Waals surface area contributed by atoms with Crippen LogP contribution in [-0.2, 0) is 81.0 Å². The van der Waals surface area contributed by atoms with E-state index in [9.17, 15) is 84.3 Å². The van der Waals surface area contributed by atoms with Gasteiger partial charge < -0.3 is 131 Å². The first-order valence-electron chi connectivity index (χ1n) is 28.5. The number of aliphatic hydroxyl groups excluding tert-OH is 9. The van der Waals surface area contributed by atoms with Gasteiger partial charge in [0.05, 0.1) is 85.4 Å². The summed E-state index contributed by atoms with van der Waals surface area (Å²) in [5.74, 6) is -4.64. The summed E-state index contributed by atoms with van der Waals surface area (Å²) >= 11 is 0. The van der Waals surface area contributed by atoms with E-state index >= 15 is 0 Å². The van der Waals surface area contributed by atoms with Crippen LogP contribution in [0.15, 0.2) is 0 Å². The Morgan fingerprint density at radius 3 is 1.31 bits per heavy atom. The van der Waals surface area contributed by atoms with E-state index in [1.165, 1.54) is 20.8 Å². The summed E-state index contributed by atoms with van der Waals surface area (Å²) in [4.78, 5) is 102. The molecule has 16 atom stereocenters. The fourth-order valence-corrected chi connectivity index (χ4v) is 8.30. The molecule has 2 aliphatic rings. The molecule has 2 heterocycles. The smallest absolute Gasteiger partial charge is 0.242 e. The highest BCUT2D eigenvalue weighted by atomic mass is 16.7. The van der Waals surface area contributed by atoms with Crippen LogP contribution < -0.4 is 42.5 Å². The molecule has 8 amide bonds. The zero-order chi connectivity index (χ0) is 64.3. The third-order valence-corrected chi connectivity index (χ3v) is 12.9. The molecule has 34 heteroatoms. The van der Waals surface area contributed by atoms with Crippen molar-refractivity contribution in [3.63, 3.8) is 0 Å². The molecule has 2 rings (SSSR count). The SMILES string of the molecule is CC(=O)NC(O)C(OCCOCCNC(=O)C(CCC(=O)NC(CCC(=O)NCCOCCOC1OC(CO)C(O)C(O)C1NC(C)=O)C(=O)NCCOCCOC1OC(CO)C(O)C(O)C1NC(C)=O)NC(=O)CCC(C)C)OC(CO)C(C)O. The van der Waals surface area contributed by atoms with Gasteiger partial charge in [0.1, 0.15) is 66.9 Å². The van der Waals surface area contributed by atoms with Crippen LogP contribution in [0.4, 0.5) is 0 Å². The van der Waals surface area contributed by atoms with Gasteiger partial charge in [-0.25, -0.2) is 0 Å². The number of hydrogen-bond acceptors (Lipinski definition) is 26. The second kappa shape index (κ2) is 42.8. The normalized spacial score (nSPS) is 24.2. The van der Waals surface area contributed by atoms with Gasteiger partial charge in [0.15, 0.2) is 18.8 Å². The highest BCUT2D eigenvalue weighted by Gasteiger charge is 2.46. The molecule has 0 aromatic rings. The number of hydrogen-bond donors (Lipinski definition) is 17. The molecule has 0 spiro atoms. The maximum atomic E-state index is 13.6. The minimum absolute atomic E-state index is 0.00670. The van der Waals surface area contributed by atoms with E-state index in [1.807, 2.05) is 13.8 Å². The molecule has 498 valence electrons. The number of rotatable bonds is 44. The Morgan fingerprint density at radius 2 is 0.919 bits per heavy atom. The topological polar surface area (TPSA) is 498 Å².